The third kappa shape index (κ3) is 3.34. The molecule has 1 saturated carbocycles. The van der Waals surface area contributed by atoms with Gasteiger partial charge >= 0.3 is 0 Å². The Hall–Kier alpha value is -0.940. The van der Waals surface area contributed by atoms with Crippen molar-refractivity contribution in [2.45, 2.75) is 38.6 Å². The summed E-state index contributed by atoms with van der Waals surface area (Å²) < 4.78 is 0. The van der Waals surface area contributed by atoms with Gasteiger partial charge in [0.1, 0.15) is 0 Å². The second-order valence-corrected chi connectivity index (χ2v) is 6.48. The maximum atomic E-state index is 11.4. The van der Waals surface area contributed by atoms with Gasteiger partial charge in [0.25, 0.3) is 0 Å². The summed E-state index contributed by atoms with van der Waals surface area (Å²) in [5.41, 5.74) is 1.21. The molecule has 2 heterocycles. The topological polar surface area (TPSA) is 36.4 Å². The van der Waals surface area contributed by atoms with E-state index in [1.165, 1.54) is 23.5 Å². The van der Waals surface area contributed by atoms with Crippen molar-refractivity contribution in [1.82, 2.24) is 14.8 Å². The molecule has 0 N–H and O–H groups in total. The highest BCUT2D eigenvalue weighted by Crippen LogP contribution is 2.41. The van der Waals surface area contributed by atoms with Gasteiger partial charge in [-0.3, -0.25) is 9.69 Å². The fourth-order valence-corrected chi connectivity index (χ4v) is 3.57. The highest BCUT2D eigenvalue weighted by atomic mass is 32.1. The molecule has 0 radical (unpaired) electrons. The van der Waals surface area contributed by atoms with Crippen molar-refractivity contribution in [3.8, 4) is 0 Å². The van der Waals surface area contributed by atoms with Crippen LogP contribution >= 0.6 is 11.3 Å². The van der Waals surface area contributed by atoms with E-state index in [1.54, 1.807) is 6.92 Å². The number of amides is 1. The van der Waals surface area contributed by atoms with Crippen molar-refractivity contribution in [2.24, 2.45) is 0 Å². The first kappa shape index (κ1) is 13.1. The van der Waals surface area contributed by atoms with E-state index < -0.39 is 0 Å². The average molecular weight is 279 g/mol. The minimum atomic E-state index is 0.200. The summed E-state index contributed by atoms with van der Waals surface area (Å²) in [6.07, 6.45) is 3.72. The molecule has 1 aromatic heterocycles. The third-order valence-electron chi connectivity index (χ3n) is 3.92. The molecule has 5 heteroatoms. The van der Waals surface area contributed by atoms with Crippen LogP contribution in [0.3, 0.4) is 0 Å². The number of hydrogen-bond donors (Lipinski definition) is 0. The Morgan fingerprint density at radius 2 is 2.21 bits per heavy atom. The fraction of sp³-hybridized carbons (Fsp3) is 0.714. The molecule has 2 aliphatic rings. The molecule has 1 amide bonds. The van der Waals surface area contributed by atoms with Crippen LogP contribution in [-0.2, 0) is 11.3 Å². The molecular formula is C14H21N3OS. The standard InChI is InChI=1S/C14H21N3OS/c1-11(18)17-6-2-5-16(7-8-17)9-13-10-19-14(15-13)12-3-4-12/h10,12H,2-9H2,1H3. The van der Waals surface area contributed by atoms with Crippen LogP contribution in [-0.4, -0.2) is 46.9 Å². The number of carbonyl (C=O) groups excluding carboxylic acids is 1. The Bertz CT molecular complexity index is 455. The summed E-state index contributed by atoms with van der Waals surface area (Å²) in [5.74, 6) is 0.961. The summed E-state index contributed by atoms with van der Waals surface area (Å²) in [6, 6.07) is 0. The van der Waals surface area contributed by atoms with Gasteiger partial charge in [0.2, 0.25) is 5.91 Å². The zero-order chi connectivity index (χ0) is 13.2. The number of carbonyl (C=O) groups is 1. The highest BCUT2D eigenvalue weighted by molar-refractivity contribution is 7.09. The van der Waals surface area contributed by atoms with Crippen molar-refractivity contribution in [3.05, 3.63) is 16.1 Å². The average Bonchev–Trinajstić information content (AvgIpc) is 3.16. The van der Waals surface area contributed by atoms with Gasteiger partial charge in [0, 0.05) is 50.9 Å². The molecule has 19 heavy (non-hydrogen) atoms. The quantitative estimate of drug-likeness (QED) is 0.850. The molecule has 104 valence electrons. The molecule has 0 atom stereocenters. The van der Waals surface area contributed by atoms with Gasteiger partial charge in [0.05, 0.1) is 10.7 Å². The first-order chi connectivity index (χ1) is 9.22. The lowest BCUT2D eigenvalue weighted by molar-refractivity contribution is -0.128. The third-order valence-corrected chi connectivity index (χ3v) is 4.97. The molecule has 0 aromatic carbocycles. The Kier molecular flexibility index (Phi) is 3.84. The van der Waals surface area contributed by atoms with Crippen molar-refractivity contribution in [2.75, 3.05) is 26.2 Å². The summed E-state index contributed by atoms with van der Waals surface area (Å²) in [5, 5.41) is 3.54. The van der Waals surface area contributed by atoms with E-state index in [-0.39, 0.29) is 5.91 Å². The SMILES string of the molecule is CC(=O)N1CCCN(Cc2csc(C3CC3)n2)CC1. The van der Waals surface area contributed by atoms with E-state index in [0.717, 1.165) is 45.1 Å². The molecule has 1 saturated heterocycles. The molecule has 0 bridgehead atoms. The van der Waals surface area contributed by atoms with Crippen LogP contribution in [0.5, 0.6) is 0 Å². The van der Waals surface area contributed by atoms with Crippen molar-refractivity contribution >= 4 is 17.2 Å². The van der Waals surface area contributed by atoms with Crippen LogP contribution in [0.4, 0.5) is 0 Å². The maximum absolute atomic E-state index is 11.4. The second kappa shape index (κ2) is 5.59. The van der Waals surface area contributed by atoms with Gasteiger partial charge in [0.15, 0.2) is 0 Å². The molecule has 3 rings (SSSR count). The smallest absolute Gasteiger partial charge is 0.219 e. The van der Waals surface area contributed by atoms with Crippen molar-refractivity contribution in [1.29, 1.82) is 0 Å². The highest BCUT2D eigenvalue weighted by Gasteiger charge is 2.27. The lowest BCUT2D eigenvalue weighted by Crippen LogP contribution is -2.33. The van der Waals surface area contributed by atoms with E-state index >= 15 is 0 Å². The molecular weight excluding hydrogens is 258 g/mol. The van der Waals surface area contributed by atoms with Crippen LogP contribution in [0.1, 0.15) is 42.8 Å². The van der Waals surface area contributed by atoms with Crippen LogP contribution in [0.15, 0.2) is 5.38 Å². The van der Waals surface area contributed by atoms with Gasteiger partial charge in [-0.2, -0.15) is 0 Å². The zero-order valence-electron chi connectivity index (χ0n) is 11.5. The minimum absolute atomic E-state index is 0.200. The Labute approximate surface area is 118 Å². The van der Waals surface area contributed by atoms with E-state index in [0.29, 0.717) is 0 Å². The van der Waals surface area contributed by atoms with Gasteiger partial charge in [-0.25, -0.2) is 4.98 Å². The van der Waals surface area contributed by atoms with Gasteiger partial charge < -0.3 is 4.90 Å². The summed E-state index contributed by atoms with van der Waals surface area (Å²) in [4.78, 5) is 20.5. The van der Waals surface area contributed by atoms with E-state index in [4.69, 9.17) is 4.98 Å². The molecule has 4 nitrogen and oxygen atoms in total. The fourth-order valence-electron chi connectivity index (χ4n) is 2.59. The summed E-state index contributed by atoms with van der Waals surface area (Å²) in [6.45, 7) is 6.40. The zero-order valence-corrected chi connectivity index (χ0v) is 12.3. The van der Waals surface area contributed by atoms with Crippen LogP contribution in [0.25, 0.3) is 0 Å². The molecule has 1 aliphatic heterocycles. The van der Waals surface area contributed by atoms with Crippen LogP contribution in [0, 0.1) is 0 Å². The van der Waals surface area contributed by atoms with Crippen molar-refractivity contribution < 1.29 is 4.79 Å². The number of rotatable bonds is 3. The van der Waals surface area contributed by atoms with E-state index in [9.17, 15) is 4.79 Å². The molecule has 0 unspecified atom stereocenters. The predicted molar refractivity (Wildman–Crippen MR) is 76.2 cm³/mol. The van der Waals surface area contributed by atoms with Crippen LogP contribution < -0.4 is 0 Å². The normalized spacial score (nSPS) is 21.4. The Morgan fingerprint density at radius 1 is 1.37 bits per heavy atom. The number of hydrogen-bond acceptors (Lipinski definition) is 4. The Balaban J connectivity index is 1.55. The maximum Gasteiger partial charge on any atom is 0.219 e. The number of aromatic nitrogens is 1. The monoisotopic (exact) mass is 279 g/mol. The predicted octanol–water partition coefficient (Wildman–Crippen LogP) is 2.07. The molecule has 1 aromatic rings. The van der Waals surface area contributed by atoms with E-state index in [1.807, 2.05) is 16.2 Å². The Morgan fingerprint density at radius 3 is 2.95 bits per heavy atom. The van der Waals surface area contributed by atoms with Crippen LogP contribution in [0.2, 0.25) is 0 Å². The molecule has 1 aliphatic carbocycles. The summed E-state index contributed by atoms with van der Waals surface area (Å²) in [7, 11) is 0. The largest absolute Gasteiger partial charge is 0.342 e. The molecule has 0 spiro atoms. The second-order valence-electron chi connectivity index (χ2n) is 5.59. The minimum Gasteiger partial charge on any atom is -0.342 e. The lowest BCUT2D eigenvalue weighted by atomic mass is 10.3. The first-order valence-electron chi connectivity index (χ1n) is 7.14. The summed E-state index contributed by atoms with van der Waals surface area (Å²) >= 11 is 1.82. The number of thiazole rings is 1. The molecule has 2 fully saturated rings. The van der Waals surface area contributed by atoms with Gasteiger partial charge in [-0.15, -0.1) is 11.3 Å². The van der Waals surface area contributed by atoms with Gasteiger partial charge in [-0.05, 0) is 19.3 Å². The number of nitrogens with zero attached hydrogens (tertiary/aromatic N) is 3. The lowest BCUT2D eigenvalue weighted by Gasteiger charge is -2.20. The van der Waals surface area contributed by atoms with Crippen molar-refractivity contribution in [3.63, 3.8) is 0 Å². The van der Waals surface area contributed by atoms with E-state index in [2.05, 4.69) is 10.3 Å². The van der Waals surface area contributed by atoms with Gasteiger partial charge in [-0.1, -0.05) is 0 Å². The first-order valence-corrected chi connectivity index (χ1v) is 8.02.